The summed E-state index contributed by atoms with van der Waals surface area (Å²) in [4.78, 5) is 10.4. The Kier molecular flexibility index (Phi) is 1.37. The summed E-state index contributed by atoms with van der Waals surface area (Å²) >= 11 is 0. The quantitative estimate of drug-likeness (QED) is 0.530. The molecule has 0 aromatic carbocycles. The third kappa shape index (κ3) is 1.32. The van der Waals surface area contributed by atoms with Gasteiger partial charge in [-0.15, -0.1) is 0 Å². The van der Waals surface area contributed by atoms with E-state index < -0.39 is 0 Å². The molecule has 8 heavy (non-hydrogen) atoms. The lowest BCUT2D eigenvalue weighted by Crippen LogP contribution is -1.90. The number of Topliss-reactive ketones (excluding diaryl/α,β-unsaturated/α-hetero) is 1. The lowest BCUT2D eigenvalue weighted by molar-refractivity contribution is -0.117. The van der Waals surface area contributed by atoms with Crippen LogP contribution in [0.1, 0.15) is 26.7 Å². The van der Waals surface area contributed by atoms with Crippen LogP contribution in [0.15, 0.2) is 0 Å². The van der Waals surface area contributed by atoms with Gasteiger partial charge in [0.15, 0.2) is 0 Å². The maximum absolute atomic E-state index is 10.4. The van der Waals surface area contributed by atoms with Gasteiger partial charge < -0.3 is 4.79 Å². The van der Waals surface area contributed by atoms with Crippen molar-refractivity contribution < 1.29 is 4.79 Å². The van der Waals surface area contributed by atoms with Gasteiger partial charge in [-0.3, -0.25) is 0 Å². The van der Waals surface area contributed by atoms with E-state index in [4.69, 9.17) is 0 Å². The van der Waals surface area contributed by atoms with Gasteiger partial charge in [0, 0.05) is 6.42 Å². The number of rotatable bonds is 2. The average molecular weight is 112 g/mol. The Morgan fingerprint density at radius 1 is 1.75 bits per heavy atom. The molecule has 46 valence electrons. The van der Waals surface area contributed by atoms with Crippen LogP contribution in [0.2, 0.25) is 0 Å². The molecular weight excluding hydrogens is 100 g/mol. The number of carbonyl (C=O) groups is 1. The molecule has 0 aromatic rings. The van der Waals surface area contributed by atoms with Crippen molar-refractivity contribution in [2.45, 2.75) is 26.7 Å². The normalized spacial score (nSPS) is 34.8. The van der Waals surface area contributed by atoms with Crippen molar-refractivity contribution in [3.8, 4) is 0 Å². The van der Waals surface area contributed by atoms with Gasteiger partial charge in [-0.2, -0.15) is 0 Å². The Hall–Kier alpha value is -0.330. The zero-order chi connectivity index (χ0) is 6.15. The fourth-order valence-electron chi connectivity index (χ4n) is 1.05. The Bertz CT molecular complexity index is 107. The standard InChI is InChI=1S/C7H12O/c1-5-3-7(5)4-6(2)8/h5,7H,3-4H2,1-2H3/t5-,7-/m0/s1. The van der Waals surface area contributed by atoms with Gasteiger partial charge in [0.1, 0.15) is 5.78 Å². The van der Waals surface area contributed by atoms with Crippen molar-refractivity contribution in [1.29, 1.82) is 0 Å². The number of hydrogen-bond donors (Lipinski definition) is 0. The first-order chi connectivity index (χ1) is 3.70. The molecule has 1 heteroatoms. The summed E-state index contributed by atoms with van der Waals surface area (Å²) in [6.45, 7) is 3.87. The van der Waals surface area contributed by atoms with E-state index in [1.54, 1.807) is 6.92 Å². The minimum Gasteiger partial charge on any atom is -0.300 e. The van der Waals surface area contributed by atoms with Crippen LogP contribution in [0.5, 0.6) is 0 Å². The van der Waals surface area contributed by atoms with Crippen LogP contribution in [-0.2, 0) is 4.79 Å². The van der Waals surface area contributed by atoms with Crippen molar-refractivity contribution in [3.05, 3.63) is 0 Å². The van der Waals surface area contributed by atoms with Gasteiger partial charge in [-0.05, 0) is 25.2 Å². The molecule has 0 aliphatic heterocycles. The predicted octanol–water partition coefficient (Wildman–Crippen LogP) is 1.62. The lowest BCUT2D eigenvalue weighted by Gasteiger charge is -1.86. The molecule has 1 rings (SSSR count). The number of hydrogen-bond acceptors (Lipinski definition) is 1. The third-order valence-electron chi connectivity index (χ3n) is 1.83. The highest BCUT2D eigenvalue weighted by Gasteiger charge is 2.32. The topological polar surface area (TPSA) is 17.1 Å². The second kappa shape index (κ2) is 1.88. The minimum atomic E-state index is 0.347. The summed E-state index contributed by atoms with van der Waals surface area (Å²) in [5, 5.41) is 0. The molecule has 1 aliphatic rings. The smallest absolute Gasteiger partial charge is 0.130 e. The fraction of sp³-hybridized carbons (Fsp3) is 0.857. The number of ketones is 1. The van der Waals surface area contributed by atoms with Gasteiger partial charge in [0.2, 0.25) is 0 Å². The van der Waals surface area contributed by atoms with Gasteiger partial charge in [-0.25, -0.2) is 0 Å². The van der Waals surface area contributed by atoms with Gasteiger partial charge in [0.05, 0.1) is 0 Å². The van der Waals surface area contributed by atoms with Crippen LogP contribution in [0.4, 0.5) is 0 Å². The zero-order valence-corrected chi connectivity index (χ0v) is 5.48. The molecule has 0 heterocycles. The van der Waals surface area contributed by atoms with Gasteiger partial charge in [0.25, 0.3) is 0 Å². The number of carbonyl (C=O) groups excluding carboxylic acids is 1. The summed E-state index contributed by atoms with van der Waals surface area (Å²) in [5.74, 6) is 1.92. The molecular formula is C7H12O. The Balaban J connectivity index is 2.14. The molecule has 0 aromatic heterocycles. The molecule has 0 radical (unpaired) electrons. The average Bonchev–Trinajstić information content (AvgIpc) is 2.17. The molecule has 1 fully saturated rings. The lowest BCUT2D eigenvalue weighted by atomic mass is 10.2. The van der Waals surface area contributed by atoms with Crippen LogP contribution < -0.4 is 0 Å². The predicted molar refractivity (Wildman–Crippen MR) is 32.6 cm³/mol. The SMILES string of the molecule is CC(=O)C[C@@H]1C[C@@H]1C. The molecule has 0 amide bonds. The van der Waals surface area contributed by atoms with E-state index in [1.165, 1.54) is 6.42 Å². The van der Waals surface area contributed by atoms with Crippen LogP contribution >= 0.6 is 0 Å². The highest BCUT2D eigenvalue weighted by Crippen LogP contribution is 2.40. The Morgan fingerprint density at radius 2 is 2.25 bits per heavy atom. The maximum atomic E-state index is 10.4. The van der Waals surface area contributed by atoms with E-state index >= 15 is 0 Å². The second-order valence-electron chi connectivity index (χ2n) is 2.88. The molecule has 0 N–H and O–H groups in total. The second-order valence-corrected chi connectivity index (χ2v) is 2.88. The van der Waals surface area contributed by atoms with Gasteiger partial charge in [-0.1, -0.05) is 6.92 Å². The van der Waals surface area contributed by atoms with Crippen LogP contribution in [0.25, 0.3) is 0 Å². The maximum Gasteiger partial charge on any atom is 0.130 e. The fourth-order valence-corrected chi connectivity index (χ4v) is 1.05. The van der Waals surface area contributed by atoms with E-state index in [1.807, 2.05) is 0 Å². The molecule has 1 saturated carbocycles. The van der Waals surface area contributed by atoms with Gasteiger partial charge >= 0.3 is 0 Å². The van der Waals surface area contributed by atoms with Crippen molar-refractivity contribution in [2.24, 2.45) is 11.8 Å². The molecule has 0 unspecified atom stereocenters. The van der Waals surface area contributed by atoms with E-state index in [-0.39, 0.29) is 0 Å². The first kappa shape index (κ1) is 5.80. The summed E-state index contributed by atoms with van der Waals surface area (Å²) in [7, 11) is 0. The largest absolute Gasteiger partial charge is 0.300 e. The zero-order valence-electron chi connectivity index (χ0n) is 5.48. The van der Waals surface area contributed by atoms with Crippen LogP contribution in [0.3, 0.4) is 0 Å². The summed E-state index contributed by atoms with van der Waals surface area (Å²) in [6.07, 6.45) is 2.10. The molecule has 2 atom stereocenters. The molecule has 1 aliphatic carbocycles. The summed E-state index contributed by atoms with van der Waals surface area (Å²) in [5.41, 5.74) is 0. The van der Waals surface area contributed by atoms with E-state index in [2.05, 4.69) is 6.92 Å². The van der Waals surface area contributed by atoms with Crippen molar-refractivity contribution in [3.63, 3.8) is 0 Å². The molecule has 0 spiro atoms. The third-order valence-corrected chi connectivity index (χ3v) is 1.83. The van der Waals surface area contributed by atoms with Crippen molar-refractivity contribution in [2.75, 3.05) is 0 Å². The van der Waals surface area contributed by atoms with E-state index in [0.717, 1.165) is 18.3 Å². The monoisotopic (exact) mass is 112 g/mol. The van der Waals surface area contributed by atoms with Crippen LogP contribution in [0, 0.1) is 11.8 Å². The molecule has 0 saturated heterocycles. The first-order valence-corrected chi connectivity index (χ1v) is 3.19. The Labute approximate surface area is 50.1 Å². The molecule has 0 bridgehead atoms. The Morgan fingerprint density at radius 3 is 2.38 bits per heavy atom. The van der Waals surface area contributed by atoms with Crippen molar-refractivity contribution in [1.82, 2.24) is 0 Å². The van der Waals surface area contributed by atoms with E-state index in [0.29, 0.717) is 5.78 Å². The highest BCUT2D eigenvalue weighted by atomic mass is 16.1. The van der Waals surface area contributed by atoms with E-state index in [9.17, 15) is 4.79 Å². The highest BCUT2D eigenvalue weighted by molar-refractivity contribution is 5.76. The summed E-state index contributed by atoms with van der Waals surface area (Å²) in [6, 6.07) is 0. The van der Waals surface area contributed by atoms with Crippen molar-refractivity contribution >= 4 is 5.78 Å². The summed E-state index contributed by atoms with van der Waals surface area (Å²) < 4.78 is 0. The van der Waals surface area contributed by atoms with Crippen LogP contribution in [-0.4, -0.2) is 5.78 Å². The molecule has 1 nitrogen and oxygen atoms in total. The first-order valence-electron chi connectivity index (χ1n) is 3.19. The minimum absolute atomic E-state index is 0.347.